The van der Waals surface area contributed by atoms with Crippen molar-refractivity contribution in [1.82, 2.24) is 9.55 Å². The number of aromatic nitrogens is 2. The summed E-state index contributed by atoms with van der Waals surface area (Å²) < 4.78 is 15.1. The summed E-state index contributed by atoms with van der Waals surface area (Å²) in [6.45, 7) is 3.83. The molecule has 0 aliphatic heterocycles. The van der Waals surface area contributed by atoms with Gasteiger partial charge in [0.05, 0.1) is 27.4 Å². The second-order valence-electron chi connectivity index (χ2n) is 7.18. The number of thioether (sulfide) groups is 1. The molecule has 4 aromatic rings. The predicted molar refractivity (Wildman–Crippen MR) is 123 cm³/mol. The van der Waals surface area contributed by atoms with Crippen molar-refractivity contribution in [3.8, 4) is 5.69 Å². The van der Waals surface area contributed by atoms with Gasteiger partial charge < -0.3 is 0 Å². The fraction of sp³-hybridized carbons (Fsp3) is 0.125. The first-order valence-corrected chi connectivity index (χ1v) is 10.9. The minimum absolute atomic E-state index is 0.0581. The van der Waals surface area contributed by atoms with Crippen molar-refractivity contribution in [3.63, 3.8) is 0 Å². The van der Waals surface area contributed by atoms with Gasteiger partial charge in [-0.3, -0.25) is 14.2 Å². The maximum absolute atomic E-state index is 13.7. The van der Waals surface area contributed by atoms with Crippen molar-refractivity contribution in [3.05, 3.63) is 98.5 Å². The fourth-order valence-corrected chi connectivity index (χ4v) is 4.38. The van der Waals surface area contributed by atoms with E-state index in [1.54, 1.807) is 24.3 Å². The summed E-state index contributed by atoms with van der Waals surface area (Å²) in [6.07, 6.45) is 0. The first kappa shape index (κ1) is 21.3. The van der Waals surface area contributed by atoms with Gasteiger partial charge in [0, 0.05) is 5.56 Å². The van der Waals surface area contributed by atoms with E-state index in [9.17, 15) is 14.0 Å². The molecule has 1 heterocycles. The third-order valence-electron chi connectivity index (χ3n) is 4.93. The molecule has 0 fully saturated rings. The number of rotatable bonds is 5. The Morgan fingerprint density at radius 2 is 1.87 bits per heavy atom. The van der Waals surface area contributed by atoms with Crippen molar-refractivity contribution in [1.29, 1.82) is 0 Å². The average molecular weight is 453 g/mol. The van der Waals surface area contributed by atoms with Crippen LogP contribution < -0.4 is 5.56 Å². The van der Waals surface area contributed by atoms with E-state index in [2.05, 4.69) is 4.98 Å². The van der Waals surface area contributed by atoms with Crippen LogP contribution in [0.5, 0.6) is 0 Å². The van der Waals surface area contributed by atoms with Gasteiger partial charge in [-0.05, 0) is 55.8 Å². The largest absolute Gasteiger partial charge is 0.293 e. The number of carbonyl (C=O) groups excluding carboxylic acids is 1. The molecule has 0 aliphatic rings. The lowest BCUT2D eigenvalue weighted by atomic mass is 10.0. The van der Waals surface area contributed by atoms with Crippen LogP contribution >= 0.6 is 23.4 Å². The zero-order valence-corrected chi connectivity index (χ0v) is 18.4. The zero-order chi connectivity index (χ0) is 22.1. The standard InChI is InChI=1S/C24H18ClFN2O2S/c1-14-7-8-15(2)18(11-14)22(29)13-31-24-27-21-6-4-3-5-17(21)23(30)28(24)16-9-10-20(26)19(25)12-16/h3-12H,13H2,1-2H3. The molecule has 31 heavy (non-hydrogen) atoms. The maximum atomic E-state index is 13.7. The summed E-state index contributed by atoms with van der Waals surface area (Å²) in [4.78, 5) is 30.7. The monoisotopic (exact) mass is 452 g/mol. The van der Waals surface area contributed by atoms with E-state index in [0.717, 1.165) is 22.9 Å². The summed E-state index contributed by atoms with van der Waals surface area (Å²) in [5, 5.41) is 0.665. The van der Waals surface area contributed by atoms with Crippen LogP contribution in [0, 0.1) is 19.7 Å². The highest BCUT2D eigenvalue weighted by Crippen LogP contribution is 2.25. The molecule has 0 saturated carbocycles. The molecule has 0 spiro atoms. The lowest BCUT2D eigenvalue weighted by molar-refractivity contribution is 0.102. The molecule has 0 N–H and O–H groups in total. The Hall–Kier alpha value is -2.96. The van der Waals surface area contributed by atoms with Crippen molar-refractivity contribution in [2.24, 2.45) is 0 Å². The Bertz CT molecular complexity index is 1380. The number of halogens is 2. The molecular weight excluding hydrogens is 435 g/mol. The first-order chi connectivity index (χ1) is 14.8. The number of ketones is 1. The number of hydrogen-bond acceptors (Lipinski definition) is 4. The molecule has 7 heteroatoms. The SMILES string of the molecule is Cc1ccc(C)c(C(=O)CSc2nc3ccccc3c(=O)n2-c2ccc(F)c(Cl)c2)c1. The Balaban J connectivity index is 1.79. The molecule has 0 radical (unpaired) electrons. The average Bonchev–Trinajstić information content (AvgIpc) is 2.76. The number of fused-ring (bicyclic) bond motifs is 1. The maximum Gasteiger partial charge on any atom is 0.266 e. The van der Waals surface area contributed by atoms with Crippen molar-refractivity contribution >= 4 is 40.0 Å². The van der Waals surface area contributed by atoms with Crippen molar-refractivity contribution in [2.75, 3.05) is 5.75 Å². The third kappa shape index (κ3) is 4.27. The molecule has 0 unspecified atom stereocenters. The van der Waals surface area contributed by atoms with Gasteiger partial charge in [0.25, 0.3) is 5.56 Å². The van der Waals surface area contributed by atoms with Gasteiger partial charge in [-0.1, -0.05) is 53.2 Å². The van der Waals surface area contributed by atoms with Crippen LogP contribution in [0.4, 0.5) is 4.39 Å². The van der Waals surface area contributed by atoms with Crippen LogP contribution in [0.2, 0.25) is 5.02 Å². The number of Topliss-reactive ketones (excluding diaryl/α,β-unsaturated/α-hetero) is 1. The van der Waals surface area contributed by atoms with Gasteiger partial charge in [0.2, 0.25) is 0 Å². The zero-order valence-electron chi connectivity index (χ0n) is 16.9. The number of carbonyl (C=O) groups is 1. The molecule has 4 nitrogen and oxygen atoms in total. The van der Waals surface area contributed by atoms with Crippen LogP contribution in [-0.4, -0.2) is 21.1 Å². The van der Waals surface area contributed by atoms with E-state index >= 15 is 0 Å². The molecule has 3 aromatic carbocycles. The lowest BCUT2D eigenvalue weighted by Crippen LogP contribution is -2.22. The van der Waals surface area contributed by atoms with E-state index < -0.39 is 5.82 Å². The summed E-state index contributed by atoms with van der Waals surface area (Å²) in [6, 6.07) is 16.8. The topological polar surface area (TPSA) is 52.0 Å². The molecule has 0 saturated heterocycles. The van der Waals surface area contributed by atoms with Gasteiger partial charge in [-0.15, -0.1) is 0 Å². The van der Waals surface area contributed by atoms with E-state index in [4.69, 9.17) is 11.6 Å². The van der Waals surface area contributed by atoms with Crippen molar-refractivity contribution in [2.45, 2.75) is 19.0 Å². The lowest BCUT2D eigenvalue weighted by Gasteiger charge is -2.14. The van der Waals surface area contributed by atoms with Crippen LogP contribution in [0.1, 0.15) is 21.5 Å². The van der Waals surface area contributed by atoms with Crippen LogP contribution in [0.15, 0.2) is 70.6 Å². The second-order valence-corrected chi connectivity index (χ2v) is 8.53. The van der Waals surface area contributed by atoms with E-state index in [-0.39, 0.29) is 22.1 Å². The minimum atomic E-state index is -0.577. The second kappa shape index (κ2) is 8.65. The molecule has 156 valence electrons. The summed E-state index contributed by atoms with van der Waals surface area (Å²) in [5.74, 6) is -0.534. The Morgan fingerprint density at radius 3 is 2.65 bits per heavy atom. The van der Waals surface area contributed by atoms with Crippen LogP contribution in [0.25, 0.3) is 16.6 Å². The summed E-state index contributed by atoms with van der Waals surface area (Å²) >= 11 is 7.12. The van der Waals surface area contributed by atoms with Crippen LogP contribution in [-0.2, 0) is 0 Å². The number of hydrogen-bond donors (Lipinski definition) is 0. The van der Waals surface area contributed by atoms with Gasteiger partial charge in [0.15, 0.2) is 10.9 Å². The Kier molecular flexibility index (Phi) is 5.94. The number of aryl methyl sites for hydroxylation is 2. The van der Waals surface area contributed by atoms with Gasteiger partial charge >= 0.3 is 0 Å². The number of nitrogens with zero attached hydrogens (tertiary/aromatic N) is 2. The first-order valence-electron chi connectivity index (χ1n) is 9.55. The molecule has 1 aromatic heterocycles. The van der Waals surface area contributed by atoms with E-state index in [1.165, 1.54) is 22.8 Å². The number of benzene rings is 3. The molecule has 0 atom stereocenters. The molecule has 0 aliphatic carbocycles. The van der Waals surface area contributed by atoms with Gasteiger partial charge in [-0.25, -0.2) is 9.37 Å². The van der Waals surface area contributed by atoms with Gasteiger partial charge in [0.1, 0.15) is 5.82 Å². The third-order valence-corrected chi connectivity index (χ3v) is 6.16. The fourth-order valence-electron chi connectivity index (χ4n) is 3.31. The highest BCUT2D eigenvalue weighted by atomic mass is 35.5. The van der Waals surface area contributed by atoms with Crippen LogP contribution in [0.3, 0.4) is 0 Å². The summed E-state index contributed by atoms with van der Waals surface area (Å²) in [5.41, 5.74) is 3.14. The van der Waals surface area contributed by atoms with E-state index in [0.29, 0.717) is 27.3 Å². The molecule has 4 rings (SSSR count). The van der Waals surface area contributed by atoms with E-state index in [1.807, 2.05) is 32.0 Å². The normalized spacial score (nSPS) is 11.1. The van der Waals surface area contributed by atoms with Crippen molar-refractivity contribution < 1.29 is 9.18 Å². The Morgan fingerprint density at radius 1 is 1.10 bits per heavy atom. The summed E-state index contributed by atoms with van der Waals surface area (Å²) in [7, 11) is 0. The number of para-hydroxylation sites is 1. The minimum Gasteiger partial charge on any atom is -0.293 e. The molecule has 0 amide bonds. The molecule has 0 bridgehead atoms. The van der Waals surface area contributed by atoms with Gasteiger partial charge in [-0.2, -0.15) is 0 Å². The quantitative estimate of drug-likeness (QED) is 0.219. The highest BCUT2D eigenvalue weighted by molar-refractivity contribution is 7.99. The molecular formula is C24H18ClFN2O2S. The highest BCUT2D eigenvalue weighted by Gasteiger charge is 2.17. The smallest absolute Gasteiger partial charge is 0.266 e. The Labute approximate surface area is 187 Å². The predicted octanol–water partition coefficient (Wildman–Crippen LogP) is 5.77.